The topological polar surface area (TPSA) is 41.5 Å². The second kappa shape index (κ2) is 6.88. The van der Waals surface area contributed by atoms with Crippen molar-refractivity contribution in [1.82, 2.24) is 5.43 Å². The first-order valence-corrected chi connectivity index (χ1v) is 7.91. The van der Waals surface area contributed by atoms with Crippen LogP contribution in [0.4, 0.5) is 0 Å². The van der Waals surface area contributed by atoms with Crippen LogP contribution in [0.25, 0.3) is 0 Å². The van der Waals surface area contributed by atoms with Gasteiger partial charge in [-0.3, -0.25) is 4.79 Å². The third-order valence-corrected chi connectivity index (χ3v) is 4.45. The Labute approximate surface area is 127 Å². The number of rotatable bonds is 3. The molecular weight excluding hydrogens is 260 g/mol. The van der Waals surface area contributed by atoms with E-state index >= 15 is 0 Å². The summed E-state index contributed by atoms with van der Waals surface area (Å²) >= 11 is 0. The van der Waals surface area contributed by atoms with Crippen molar-refractivity contribution in [2.45, 2.75) is 47.0 Å². The summed E-state index contributed by atoms with van der Waals surface area (Å²) in [5.41, 5.74) is 5.60. The second-order valence-corrected chi connectivity index (χ2v) is 6.60. The van der Waals surface area contributed by atoms with Gasteiger partial charge in [-0.2, -0.15) is 5.10 Å². The minimum atomic E-state index is -0.110. The first-order valence-electron chi connectivity index (χ1n) is 7.91. The predicted octanol–water partition coefficient (Wildman–Crippen LogP) is 4.17. The van der Waals surface area contributed by atoms with E-state index in [1.165, 1.54) is 12.8 Å². The number of nitrogens with zero attached hydrogens (tertiary/aromatic N) is 1. The highest BCUT2D eigenvalue weighted by atomic mass is 16.2. The van der Waals surface area contributed by atoms with Crippen LogP contribution in [0.2, 0.25) is 0 Å². The van der Waals surface area contributed by atoms with Gasteiger partial charge >= 0.3 is 0 Å². The second-order valence-electron chi connectivity index (χ2n) is 6.60. The molecule has 1 saturated carbocycles. The number of aryl methyl sites for hydroxylation is 1. The average Bonchev–Trinajstić information content (AvgIpc) is 2.45. The molecule has 1 aromatic carbocycles. The summed E-state index contributed by atoms with van der Waals surface area (Å²) in [4.78, 5) is 12.2. The van der Waals surface area contributed by atoms with Gasteiger partial charge in [0.15, 0.2) is 0 Å². The number of carbonyl (C=O) groups excluding carboxylic acids is 1. The zero-order valence-corrected chi connectivity index (χ0v) is 13.5. The quantitative estimate of drug-likeness (QED) is 0.832. The van der Waals surface area contributed by atoms with Crippen LogP contribution in [0.3, 0.4) is 0 Å². The normalized spacial score (nSPS) is 24.3. The number of hydrogen-bond donors (Lipinski definition) is 1. The van der Waals surface area contributed by atoms with Crippen molar-refractivity contribution in [3.8, 4) is 0 Å². The third-order valence-electron chi connectivity index (χ3n) is 4.45. The van der Waals surface area contributed by atoms with Crippen LogP contribution in [0.1, 0.15) is 56.0 Å². The lowest BCUT2D eigenvalue weighted by atomic mass is 9.76. The molecule has 1 N–H and O–H groups in total. The number of amides is 1. The van der Waals surface area contributed by atoms with Crippen molar-refractivity contribution in [3.63, 3.8) is 0 Å². The summed E-state index contributed by atoms with van der Waals surface area (Å²) in [6, 6.07) is 7.61. The predicted molar refractivity (Wildman–Crippen MR) is 87.4 cm³/mol. The number of hydrogen-bond acceptors (Lipinski definition) is 2. The molecule has 2 atom stereocenters. The van der Waals surface area contributed by atoms with Crippen LogP contribution >= 0.6 is 0 Å². The van der Waals surface area contributed by atoms with Gasteiger partial charge in [0, 0.05) is 17.2 Å². The Kier molecular flexibility index (Phi) is 5.16. The number of hydrazone groups is 1. The van der Waals surface area contributed by atoms with Gasteiger partial charge in [-0.15, -0.1) is 0 Å². The summed E-state index contributed by atoms with van der Waals surface area (Å²) < 4.78 is 0. The monoisotopic (exact) mass is 286 g/mol. The molecule has 3 nitrogen and oxygen atoms in total. The standard InChI is InChI=1S/C18H26N2O/c1-12(2)15-10-9-13(3)11-17(15)19-20-18(21)16-8-6-5-7-14(16)4/h5-8,12-13,15H,9-11H2,1-4H3,(H,20,21)/b19-17-/t13-,15+/m1/s1. The molecule has 21 heavy (non-hydrogen) atoms. The number of carbonyl (C=O) groups is 1. The lowest BCUT2D eigenvalue weighted by molar-refractivity contribution is 0.0953. The molecule has 2 rings (SSSR count). The van der Waals surface area contributed by atoms with E-state index in [0.29, 0.717) is 23.3 Å². The molecule has 0 saturated heterocycles. The molecule has 0 aromatic heterocycles. The molecule has 1 fully saturated rings. The molecular formula is C18H26N2O. The van der Waals surface area contributed by atoms with Crippen molar-refractivity contribution in [2.75, 3.05) is 0 Å². The van der Waals surface area contributed by atoms with Crippen molar-refractivity contribution < 1.29 is 4.79 Å². The molecule has 0 bridgehead atoms. The van der Waals surface area contributed by atoms with Crippen LogP contribution < -0.4 is 5.43 Å². The van der Waals surface area contributed by atoms with Gasteiger partial charge in [0.1, 0.15) is 0 Å². The maximum Gasteiger partial charge on any atom is 0.271 e. The zero-order valence-electron chi connectivity index (χ0n) is 13.5. The fraction of sp³-hybridized carbons (Fsp3) is 0.556. The molecule has 1 aliphatic carbocycles. The summed E-state index contributed by atoms with van der Waals surface area (Å²) in [5.74, 6) is 1.63. The van der Waals surface area contributed by atoms with Crippen LogP contribution in [0, 0.1) is 24.7 Å². The molecule has 1 amide bonds. The summed E-state index contributed by atoms with van der Waals surface area (Å²) in [7, 11) is 0. The smallest absolute Gasteiger partial charge is 0.267 e. The molecule has 114 valence electrons. The average molecular weight is 286 g/mol. The Morgan fingerprint density at radius 2 is 2.00 bits per heavy atom. The summed E-state index contributed by atoms with van der Waals surface area (Å²) in [5, 5.41) is 4.47. The maximum atomic E-state index is 12.2. The maximum absolute atomic E-state index is 12.2. The summed E-state index contributed by atoms with van der Waals surface area (Å²) in [6.07, 6.45) is 3.43. The summed E-state index contributed by atoms with van der Waals surface area (Å²) in [6.45, 7) is 8.68. The molecule has 0 unspecified atom stereocenters. The molecule has 1 aliphatic rings. The van der Waals surface area contributed by atoms with E-state index in [1.54, 1.807) is 0 Å². The Bertz CT molecular complexity index is 534. The van der Waals surface area contributed by atoms with E-state index in [1.807, 2.05) is 31.2 Å². The first kappa shape index (κ1) is 15.7. The van der Waals surface area contributed by atoms with Crippen LogP contribution in [0.15, 0.2) is 29.4 Å². The Morgan fingerprint density at radius 3 is 2.67 bits per heavy atom. The van der Waals surface area contributed by atoms with E-state index in [-0.39, 0.29) is 5.91 Å². The highest BCUT2D eigenvalue weighted by Gasteiger charge is 2.27. The van der Waals surface area contributed by atoms with Gasteiger partial charge in [0.25, 0.3) is 5.91 Å². The van der Waals surface area contributed by atoms with E-state index in [4.69, 9.17) is 0 Å². The third kappa shape index (κ3) is 3.93. The largest absolute Gasteiger partial charge is 0.271 e. The lowest BCUT2D eigenvalue weighted by Crippen LogP contribution is -2.31. The van der Waals surface area contributed by atoms with Crippen molar-refractivity contribution in [3.05, 3.63) is 35.4 Å². The first-order chi connectivity index (χ1) is 9.99. The van der Waals surface area contributed by atoms with Gasteiger partial charge in [-0.05, 0) is 49.7 Å². The fourth-order valence-corrected chi connectivity index (χ4v) is 3.10. The van der Waals surface area contributed by atoms with Crippen molar-refractivity contribution in [2.24, 2.45) is 22.9 Å². The molecule has 1 aromatic rings. The van der Waals surface area contributed by atoms with Gasteiger partial charge in [0.2, 0.25) is 0 Å². The van der Waals surface area contributed by atoms with Crippen LogP contribution in [-0.2, 0) is 0 Å². The lowest BCUT2D eigenvalue weighted by Gasteiger charge is -2.30. The Balaban J connectivity index is 2.11. The molecule has 0 heterocycles. The highest BCUT2D eigenvalue weighted by Crippen LogP contribution is 2.31. The molecule has 0 aliphatic heterocycles. The van der Waals surface area contributed by atoms with E-state index in [0.717, 1.165) is 17.7 Å². The molecule has 0 spiro atoms. The van der Waals surface area contributed by atoms with Gasteiger partial charge in [0.05, 0.1) is 0 Å². The van der Waals surface area contributed by atoms with Crippen molar-refractivity contribution >= 4 is 11.6 Å². The minimum absolute atomic E-state index is 0.110. The number of nitrogens with one attached hydrogen (secondary N) is 1. The minimum Gasteiger partial charge on any atom is -0.267 e. The van der Waals surface area contributed by atoms with Gasteiger partial charge < -0.3 is 0 Å². The fourth-order valence-electron chi connectivity index (χ4n) is 3.10. The van der Waals surface area contributed by atoms with E-state index in [9.17, 15) is 4.79 Å². The zero-order chi connectivity index (χ0) is 15.4. The Morgan fingerprint density at radius 1 is 1.29 bits per heavy atom. The van der Waals surface area contributed by atoms with Gasteiger partial charge in [-0.1, -0.05) is 39.0 Å². The van der Waals surface area contributed by atoms with Crippen molar-refractivity contribution in [1.29, 1.82) is 0 Å². The molecule has 0 radical (unpaired) electrons. The van der Waals surface area contributed by atoms with Crippen LogP contribution in [-0.4, -0.2) is 11.6 Å². The Hall–Kier alpha value is -1.64. The highest BCUT2D eigenvalue weighted by molar-refractivity contribution is 5.97. The van der Waals surface area contributed by atoms with E-state index in [2.05, 4.69) is 31.3 Å². The molecule has 3 heteroatoms. The van der Waals surface area contributed by atoms with E-state index < -0.39 is 0 Å². The SMILES string of the molecule is Cc1ccccc1C(=O)N/N=C1/C[C@H](C)CC[C@H]1C(C)C. The van der Waals surface area contributed by atoms with Crippen LogP contribution in [0.5, 0.6) is 0 Å². The van der Waals surface area contributed by atoms with Gasteiger partial charge in [-0.25, -0.2) is 5.43 Å². The number of benzene rings is 1.